The van der Waals surface area contributed by atoms with Crippen LogP contribution in [0.3, 0.4) is 0 Å². The quantitative estimate of drug-likeness (QED) is 0.661. The third-order valence-corrected chi connectivity index (χ3v) is 1.76. The summed E-state index contributed by atoms with van der Waals surface area (Å²) in [6.45, 7) is 0. The minimum Gasteiger partial charge on any atom is -0.343 e. The highest BCUT2D eigenvalue weighted by Gasteiger charge is 2.00. The number of aromatic nitrogens is 4. The van der Waals surface area contributed by atoms with Crippen LogP contribution in [0.4, 0.5) is 0 Å². The van der Waals surface area contributed by atoms with E-state index in [1.54, 1.807) is 17.9 Å². The molecule has 0 saturated heterocycles. The fourth-order valence-corrected chi connectivity index (χ4v) is 1.17. The maximum Gasteiger partial charge on any atom is 0.183 e. The smallest absolute Gasteiger partial charge is 0.183 e. The number of hydrogen-bond donors (Lipinski definition) is 1. The Bertz CT molecular complexity index is 253. The van der Waals surface area contributed by atoms with Gasteiger partial charge in [-0.15, -0.1) is 10.2 Å². The van der Waals surface area contributed by atoms with Crippen LogP contribution in [0.15, 0.2) is 17.9 Å². The van der Waals surface area contributed by atoms with Gasteiger partial charge in [-0.05, 0) is 0 Å². The van der Waals surface area contributed by atoms with E-state index in [-0.39, 0.29) is 0 Å². The number of rotatable bonds is 1. The number of hydrogen-bond acceptors (Lipinski definition) is 4. The number of imidazole rings is 1. The molecule has 2 aromatic heterocycles. The summed E-state index contributed by atoms with van der Waals surface area (Å²) in [6, 6.07) is 0. The molecule has 0 spiro atoms. The van der Waals surface area contributed by atoms with Crippen LogP contribution in [0.25, 0.3) is 10.8 Å². The molecule has 0 fully saturated rings. The Kier molecular flexibility index (Phi) is 1.21. The summed E-state index contributed by atoms with van der Waals surface area (Å²) in [7, 11) is 0. The first-order chi connectivity index (χ1) is 4.97. The molecule has 0 unspecified atom stereocenters. The average Bonchev–Trinajstić information content (AvgIpc) is 2.59. The van der Waals surface area contributed by atoms with Gasteiger partial charge in [-0.1, -0.05) is 11.3 Å². The van der Waals surface area contributed by atoms with Crippen molar-refractivity contribution in [2.45, 2.75) is 0 Å². The van der Waals surface area contributed by atoms with Gasteiger partial charge in [0.25, 0.3) is 0 Å². The molecule has 0 aliphatic heterocycles. The second-order valence-electron chi connectivity index (χ2n) is 1.68. The van der Waals surface area contributed by atoms with Gasteiger partial charge in [-0.25, -0.2) is 4.98 Å². The van der Waals surface area contributed by atoms with Crippen molar-refractivity contribution in [3.05, 3.63) is 17.9 Å². The molecule has 2 aromatic rings. The first-order valence-electron chi connectivity index (χ1n) is 2.73. The number of nitrogens with zero attached hydrogens (tertiary/aromatic N) is 3. The van der Waals surface area contributed by atoms with Crippen LogP contribution in [0.5, 0.6) is 0 Å². The van der Waals surface area contributed by atoms with Gasteiger partial charge in [0.05, 0.1) is 0 Å². The van der Waals surface area contributed by atoms with Gasteiger partial charge in [-0.3, -0.25) is 0 Å². The summed E-state index contributed by atoms with van der Waals surface area (Å²) in [6.07, 6.45) is 3.45. The summed E-state index contributed by atoms with van der Waals surface area (Å²) in [5.74, 6) is 0.780. The van der Waals surface area contributed by atoms with E-state index in [2.05, 4.69) is 20.2 Å². The topological polar surface area (TPSA) is 54.5 Å². The number of nitrogens with one attached hydrogen (secondary N) is 1. The van der Waals surface area contributed by atoms with Gasteiger partial charge >= 0.3 is 0 Å². The normalized spacial score (nSPS) is 10.0. The van der Waals surface area contributed by atoms with Gasteiger partial charge in [0.1, 0.15) is 5.51 Å². The number of aromatic amines is 1. The molecule has 0 radical (unpaired) electrons. The maximum absolute atomic E-state index is 4.01. The Balaban J connectivity index is 2.48. The van der Waals surface area contributed by atoms with Crippen LogP contribution in [0.1, 0.15) is 0 Å². The van der Waals surface area contributed by atoms with Crippen molar-refractivity contribution in [1.82, 2.24) is 20.2 Å². The second kappa shape index (κ2) is 2.18. The largest absolute Gasteiger partial charge is 0.343 e. The monoisotopic (exact) mass is 152 g/mol. The molecule has 0 aromatic carbocycles. The van der Waals surface area contributed by atoms with Crippen molar-refractivity contribution >= 4 is 11.3 Å². The molecule has 5 heteroatoms. The lowest BCUT2D eigenvalue weighted by Gasteiger charge is -1.81. The molecule has 0 atom stereocenters. The zero-order valence-corrected chi connectivity index (χ0v) is 5.80. The first kappa shape index (κ1) is 5.55. The van der Waals surface area contributed by atoms with E-state index in [1.807, 2.05) is 0 Å². The van der Waals surface area contributed by atoms with Crippen LogP contribution >= 0.6 is 11.3 Å². The predicted molar refractivity (Wildman–Crippen MR) is 37.5 cm³/mol. The highest BCUT2D eigenvalue weighted by Crippen LogP contribution is 2.14. The van der Waals surface area contributed by atoms with E-state index >= 15 is 0 Å². The van der Waals surface area contributed by atoms with Gasteiger partial charge < -0.3 is 4.98 Å². The lowest BCUT2D eigenvalue weighted by Crippen LogP contribution is -1.77. The SMILES string of the molecule is c1c[nH]c(-c2nncs2)n1. The maximum atomic E-state index is 4.01. The van der Waals surface area contributed by atoms with Crippen LogP contribution in [-0.4, -0.2) is 20.2 Å². The lowest BCUT2D eigenvalue weighted by atomic mass is 10.7. The fourth-order valence-electron chi connectivity index (χ4n) is 0.658. The van der Waals surface area contributed by atoms with Gasteiger partial charge in [0, 0.05) is 12.4 Å². The summed E-state index contributed by atoms with van der Waals surface area (Å²) >= 11 is 1.46. The Morgan fingerprint density at radius 2 is 2.50 bits per heavy atom. The molecule has 10 heavy (non-hydrogen) atoms. The molecule has 50 valence electrons. The molecule has 0 bridgehead atoms. The zero-order valence-electron chi connectivity index (χ0n) is 4.98. The summed E-state index contributed by atoms with van der Waals surface area (Å²) in [5.41, 5.74) is 1.68. The minimum absolute atomic E-state index is 0.780. The molecule has 0 amide bonds. The minimum atomic E-state index is 0.780. The third-order valence-electron chi connectivity index (χ3n) is 1.06. The van der Waals surface area contributed by atoms with Crippen molar-refractivity contribution < 1.29 is 0 Å². The molecule has 0 aliphatic rings. The van der Waals surface area contributed by atoms with E-state index in [0.717, 1.165) is 10.8 Å². The second-order valence-corrected chi connectivity index (χ2v) is 2.51. The van der Waals surface area contributed by atoms with Crippen molar-refractivity contribution in [3.8, 4) is 10.8 Å². The molecular formula is C5H4N4S. The van der Waals surface area contributed by atoms with Crippen molar-refractivity contribution in [2.24, 2.45) is 0 Å². The molecule has 4 nitrogen and oxygen atoms in total. The van der Waals surface area contributed by atoms with E-state index in [4.69, 9.17) is 0 Å². The lowest BCUT2D eigenvalue weighted by molar-refractivity contribution is 1.08. The van der Waals surface area contributed by atoms with Crippen molar-refractivity contribution in [3.63, 3.8) is 0 Å². The summed E-state index contributed by atoms with van der Waals surface area (Å²) in [4.78, 5) is 6.95. The van der Waals surface area contributed by atoms with E-state index in [1.165, 1.54) is 11.3 Å². The van der Waals surface area contributed by atoms with E-state index < -0.39 is 0 Å². The van der Waals surface area contributed by atoms with E-state index in [9.17, 15) is 0 Å². The zero-order chi connectivity index (χ0) is 6.81. The van der Waals surface area contributed by atoms with Crippen molar-refractivity contribution in [1.29, 1.82) is 0 Å². The standard InChI is InChI=1S/C5H4N4S/c1-2-7-4(6-1)5-9-8-3-10-5/h1-3H,(H,6,7). The van der Waals surface area contributed by atoms with Gasteiger partial charge in [-0.2, -0.15) is 0 Å². The molecular weight excluding hydrogens is 148 g/mol. The predicted octanol–water partition coefficient (Wildman–Crippen LogP) is 0.928. The van der Waals surface area contributed by atoms with Gasteiger partial charge in [0.2, 0.25) is 0 Å². The fraction of sp³-hybridized carbons (Fsp3) is 0. The van der Waals surface area contributed by atoms with Crippen LogP contribution in [0.2, 0.25) is 0 Å². The Morgan fingerprint density at radius 3 is 3.10 bits per heavy atom. The van der Waals surface area contributed by atoms with Crippen LogP contribution in [0, 0.1) is 0 Å². The van der Waals surface area contributed by atoms with Gasteiger partial charge in [0.15, 0.2) is 10.8 Å². The Hall–Kier alpha value is -1.23. The molecule has 2 heterocycles. The molecule has 0 saturated carbocycles. The molecule has 1 N–H and O–H groups in total. The third kappa shape index (κ3) is 0.801. The summed E-state index contributed by atoms with van der Waals surface area (Å²) < 4.78 is 0. The van der Waals surface area contributed by atoms with Crippen LogP contribution < -0.4 is 0 Å². The number of H-pyrrole nitrogens is 1. The van der Waals surface area contributed by atoms with E-state index in [0.29, 0.717) is 0 Å². The Labute approximate surface area is 61.0 Å². The molecule has 2 rings (SSSR count). The molecule has 0 aliphatic carbocycles. The highest BCUT2D eigenvalue weighted by atomic mass is 32.1. The van der Waals surface area contributed by atoms with Crippen LogP contribution in [-0.2, 0) is 0 Å². The van der Waals surface area contributed by atoms with Crippen molar-refractivity contribution in [2.75, 3.05) is 0 Å². The first-order valence-corrected chi connectivity index (χ1v) is 3.61. The average molecular weight is 152 g/mol. The summed E-state index contributed by atoms with van der Waals surface area (Å²) in [5, 5.41) is 8.34. The highest BCUT2D eigenvalue weighted by molar-refractivity contribution is 7.12. The Morgan fingerprint density at radius 1 is 1.50 bits per heavy atom.